The molecule has 0 heterocycles. The molecule has 2 heteroatoms. The number of nitrogens with two attached hydrogens (primary N) is 1. The fraction of sp³-hybridized carbons (Fsp3) is 0.300. The first-order chi connectivity index (χ1) is 5.58. The summed E-state index contributed by atoms with van der Waals surface area (Å²) in [5.74, 6) is 0. The molecule has 0 fully saturated rings. The molecule has 64 valence electrons. The summed E-state index contributed by atoms with van der Waals surface area (Å²) in [5.41, 5.74) is 6.29. The minimum Gasteiger partial charge on any atom is -0.308 e. The Balaban J connectivity index is 2.71. The van der Waals surface area contributed by atoms with E-state index in [0.717, 1.165) is 5.56 Å². The average molecular weight is 162 g/mol. The molecule has 2 nitrogen and oxygen atoms in total. The van der Waals surface area contributed by atoms with Gasteiger partial charge in [0.2, 0.25) is 0 Å². The van der Waals surface area contributed by atoms with Crippen molar-refractivity contribution in [2.24, 2.45) is 10.7 Å². The Morgan fingerprint density at radius 1 is 1.25 bits per heavy atom. The van der Waals surface area contributed by atoms with E-state index in [1.165, 1.54) is 0 Å². The van der Waals surface area contributed by atoms with Crippen molar-refractivity contribution in [2.75, 3.05) is 0 Å². The van der Waals surface area contributed by atoms with Gasteiger partial charge < -0.3 is 5.73 Å². The molecule has 0 amide bonds. The molecule has 0 atom stereocenters. The van der Waals surface area contributed by atoms with E-state index in [1.807, 2.05) is 44.2 Å². The molecular formula is C10H14N2. The molecule has 2 N–H and O–H groups in total. The van der Waals surface area contributed by atoms with Crippen LogP contribution in [-0.4, -0.2) is 11.9 Å². The average Bonchev–Trinajstić information content (AvgIpc) is 2.02. The summed E-state index contributed by atoms with van der Waals surface area (Å²) >= 11 is 0. The number of aliphatic imine (C=N–C) groups is 1. The van der Waals surface area contributed by atoms with Gasteiger partial charge in [0.15, 0.2) is 0 Å². The standard InChI is InChI=1S/C10H14N2/c1-10(2,11)12-8-9-6-4-3-5-7-9/h3-8H,11H2,1-2H3. The highest BCUT2D eigenvalue weighted by atomic mass is 15.0. The van der Waals surface area contributed by atoms with Crippen molar-refractivity contribution in [1.29, 1.82) is 0 Å². The molecule has 0 aromatic heterocycles. The quantitative estimate of drug-likeness (QED) is 0.662. The van der Waals surface area contributed by atoms with Gasteiger partial charge >= 0.3 is 0 Å². The van der Waals surface area contributed by atoms with Crippen LogP contribution in [0.1, 0.15) is 19.4 Å². The largest absolute Gasteiger partial charge is 0.308 e. The smallest absolute Gasteiger partial charge is 0.102 e. The SMILES string of the molecule is CC(C)(N)N=Cc1ccccc1. The van der Waals surface area contributed by atoms with Gasteiger partial charge in [-0.15, -0.1) is 0 Å². The molecule has 0 bridgehead atoms. The maximum Gasteiger partial charge on any atom is 0.102 e. The van der Waals surface area contributed by atoms with Crippen LogP contribution in [0.25, 0.3) is 0 Å². The molecule has 0 aliphatic heterocycles. The highest BCUT2D eigenvalue weighted by Gasteiger charge is 2.04. The molecule has 0 saturated carbocycles. The van der Waals surface area contributed by atoms with Gasteiger partial charge in [-0.05, 0) is 19.4 Å². The zero-order valence-corrected chi connectivity index (χ0v) is 7.49. The molecule has 0 unspecified atom stereocenters. The summed E-state index contributed by atoms with van der Waals surface area (Å²) < 4.78 is 0. The number of hydrogen-bond donors (Lipinski definition) is 1. The molecule has 0 radical (unpaired) electrons. The molecule has 1 aromatic rings. The fourth-order valence-corrected chi connectivity index (χ4v) is 0.780. The second-order valence-corrected chi connectivity index (χ2v) is 3.32. The van der Waals surface area contributed by atoms with Crippen molar-refractivity contribution in [1.82, 2.24) is 0 Å². The van der Waals surface area contributed by atoms with Gasteiger partial charge in [0, 0.05) is 6.21 Å². The monoisotopic (exact) mass is 162 g/mol. The molecule has 1 aromatic carbocycles. The van der Waals surface area contributed by atoms with E-state index < -0.39 is 5.66 Å². The lowest BCUT2D eigenvalue weighted by Gasteiger charge is -2.10. The van der Waals surface area contributed by atoms with E-state index >= 15 is 0 Å². The van der Waals surface area contributed by atoms with Crippen LogP contribution in [0.3, 0.4) is 0 Å². The third kappa shape index (κ3) is 3.30. The highest BCUT2D eigenvalue weighted by Crippen LogP contribution is 2.00. The van der Waals surface area contributed by atoms with Crippen LogP contribution in [0.4, 0.5) is 0 Å². The molecule has 0 spiro atoms. The van der Waals surface area contributed by atoms with E-state index in [1.54, 1.807) is 6.21 Å². The number of nitrogens with zero attached hydrogens (tertiary/aromatic N) is 1. The van der Waals surface area contributed by atoms with Gasteiger partial charge in [-0.25, -0.2) is 0 Å². The Morgan fingerprint density at radius 2 is 1.83 bits per heavy atom. The molecule has 0 aliphatic carbocycles. The third-order valence-electron chi connectivity index (χ3n) is 1.35. The lowest BCUT2D eigenvalue weighted by Crippen LogP contribution is -2.29. The normalized spacial score (nSPS) is 12.2. The van der Waals surface area contributed by atoms with Gasteiger partial charge in [-0.2, -0.15) is 0 Å². The first kappa shape index (κ1) is 8.94. The zero-order chi connectivity index (χ0) is 9.03. The Kier molecular flexibility index (Phi) is 2.61. The van der Waals surface area contributed by atoms with Crippen molar-refractivity contribution in [3.05, 3.63) is 35.9 Å². The van der Waals surface area contributed by atoms with Crippen molar-refractivity contribution in [3.8, 4) is 0 Å². The fourth-order valence-electron chi connectivity index (χ4n) is 0.780. The van der Waals surface area contributed by atoms with E-state index in [9.17, 15) is 0 Å². The van der Waals surface area contributed by atoms with Crippen LogP contribution in [0.2, 0.25) is 0 Å². The van der Waals surface area contributed by atoms with Gasteiger partial charge in [-0.3, -0.25) is 4.99 Å². The summed E-state index contributed by atoms with van der Waals surface area (Å²) in [4.78, 5) is 4.18. The Hall–Kier alpha value is -1.15. The van der Waals surface area contributed by atoms with Crippen LogP contribution in [0.15, 0.2) is 35.3 Å². The molecular weight excluding hydrogens is 148 g/mol. The molecule has 1 rings (SSSR count). The van der Waals surface area contributed by atoms with Crippen molar-refractivity contribution in [2.45, 2.75) is 19.5 Å². The van der Waals surface area contributed by atoms with Crippen LogP contribution < -0.4 is 5.73 Å². The van der Waals surface area contributed by atoms with Crippen molar-refractivity contribution in [3.63, 3.8) is 0 Å². The number of benzene rings is 1. The van der Waals surface area contributed by atoms with Crippen LogP contribution in [0.5, 0.6) is 0 Å². The predicted octanol–water partition coefficient (Wildman–Crippen LogP) is 1.80. The van der Waals surface area contributed by atoms with Crippen LogP contribution in [0, 0.1) is 0 Å². The maximum absolute atomic E-state index is 5.69. The summed E-state index contributed by atoms with van der Waals surface area (Å²) in [6, 6.07) is 9.92. The highest BCUT2D eigenvalue weighted by molar-refractivity contribution is 5.79. The van der Waals surface area contributed by atoms with Crippen LogP contribution in [-0.2, 0) is 0 Å². The predicted molar refractivity (Wildman–Crippen MR) is 52.3 cm³/mol. The van der Waals surface area contributed by atoms with E-state index in [2.05, 4.69) is 4.99 Å². The maximum atomic E-state index is 5.69. The third-order valence-corrected chi connectivity index (χ3v) is 1.35. The first-order valence-electron chi connectivity index (χ1n) is 3.97. The molecule has 12 heavy (non-hydrogen) atoms. The Morgan fingerprint density at radius 3 is 2.33 bits per heavy atom. The van der Waals surface area contributed by atoms with Gasteiger partial charge in [-0.1, -0.05) is 30.3 Å². The summed E-state index contributed by atoms with van der Waals surface area (Å²) in [7, 11) is 0. The summed E-state index contributed by atoms with van der Waals surface area (Å²) in [6.07, 6.45) is 1.79. The Bertz CT molecular complexity index is 257. The zero-order valence-electron chi connectivity index (χ0n) is 7.49. The summed E-state index contributed by atoms with van der Waals surface area (Å²) in [5, 5.41) is 0. The van der Waals surface area contributed by atoms with Crippen molar-refractivity contribution < 1.29 is 0 Å². The topological polar surface area (TPSA) is 38.4 Å². The first-order valence-corrected chi connectivity index (χ1v) is 3.97. The lowest BCUT2D eigenvalue weighted by atomic mass is 10.2. The second kappa shape index (κ2) is 3.50. The van der Waals surface area contributed by atoms with E-state index in [-0.39, 0.29) is 0 Å². The number of rotatable bonds is 2. The molecule has 0 aliphatic rings. The van der Waals surface area contributed by atoms with Gasteiger partial charge in [0.1, 0.15) is 5.66 Å². The lowest BCUT2D eigenvalue weighted by molar-refractivity contribution is 0.553. The van der Waals surface area contributed by atoms with Crippen LogP contribution >= 0.6 is 0 Å². The van der Waals surface area contributed by atoms with E-state index in [4.69, 9.17) is 5.73 Å². The second-order valence-electron chi connectivity index (χ2n) is 3.32. The molecule has 0 saturated heterocycles. The van der Waals surface area contributed by atoms with Gasteiger partial charge in [0.05, 0.1) is 0 Å². The van der Waals surface area contributed by atoms with E-state index in [0.29, 0.717) is 0 Å². The number of hydrogen-bond acceptors (Lipinski definition) is 2. The minimum absolute atomic E-state index is 0.476. The Labute approximate surface area is 73.1 Å². The van der Waals surface area contributed by atoms with Crippen molar-refractivity contribution >= 4 is 6.21 Å². The minimum atomic E-state index is -0.476. The summed E-state index contributed by atoms with van der Waals surface area (Å²) in [6.45, 7) is 3.74. The van der Waals surface area contributed by atoms with Gasteiger partial charge in [0.25, 0.3) is 0 Å².